The van der Waals surface area contributed by atoms with E-state index in [-0.39, 0.29) is 23.4 Å². The molecule has 236 valence electrons. The summed E-state index contributed by atoms with van der Waals surface area (Å²) < 4.78 is 66.4. The molecule has 1 spiro atoms. The van der Waals surface area contributed by atoms with Crippen LogP contribution in [-0.4, -0.2) is 70.2 Å². The van der Waals surface area contributed by atoms with Crippen LogP contribution in [0.25, 0.3) is 0 Å². The summed E-state index contributed by atoms with van der Waals surface area (Å²) in [6.45, 7) is 2.97. The van der Waals surface area contributed by atoms with Crippen molar-refractivity contribution in [2.45, 2.75) is 36.8 Å². The lowest BCUT2D eigenvalue weighted by Crippen LogP contribution is -2.46. The van der Waals surface area contributed by atoms with Crippen molar-refractivity contribution in [1.29, 1.82) is 0 Å². The van der Waals surface area contributed by atoms with Crippen LogP contribution in [0.4, 0.5) is 18.9 Å². The van der Waals surface area contributed by atoms with Gasteiger partial charge < -0.3 is 9.80 Å². The van der Waals surface area contributed by atoms with E-state index in [1.54, 1.807) is 19.2 Å². The zero-order valence-corrected chi connectivity index (χ0v) is 26.8. The molecule has 3 aromatic carbocycles. The van der Waals surface area contributed by atoms with Gasteiger partial charge in [-0.1, -0.05) is 53.5 Å². The molecule has 2 heterocycles. The first-order valence-electron chi connectivity index (χ1n) is 14.4. The standard InChI is InChI=1S/C32H34Cl2F3N3O3S/c1-38(30(41)23-6-5-7-25(18-23)32(35,36)37)20-24(22-10-11-27(33)28(34)19-22)12-15-39-16-13-31(14-17-39)21-40(44(2,42)43)29-9-4-3-8-26(29)31/h3-11,18-19,24H,12-17,20-21H2,1-2H3/t24-/m1/s1. The second kappa shape index (κ2) is 12.5. The highest BCUT2D eigenvalue weighted by Gasteiger charge is 2.46. The number of alkyl halides is 3. The zero-order valence-electron chi connectivity index (χ0n) is 24.4. The number of nitrogens with zero attached hydrogens (tertiary/aromatic N) is 3. The van der Waals surface area contributed by atoms with E-state index in [0.29, 0.717) is 29.6 Å². The van der Waals surface area contributed by atoms with E-state index in [4.69, 9.17) is 23.2 Å². The highest BCUT2D eigenvalue weighted by atomic mass is 35.5. The predicted octanol–water partition coefficient (Wildman–Crippen LogP) is 7.07. The van der Waals surface area contributed by atoms with Crippen molar-refractivity contribution in [1.82, 2.24) is 9.80 Å². The molecule has 3 aromatic rings. The van der Waals surface area contributed by atoms with Gasteiger partial charge in [0.05, 0.1) is 27.6 Å². The van der Waals surface area contributed by atoms with E-state index >= 15 is 0 Å². The molecule has 0 aliphatic carbocycles. The Labute approximate surface area is 266 Å². The number of benzene rings is 3. The fourth-order valence-corrected chi connectivity index (χ4v) is 7.75. The molecule has 0 radical (unpaired) electrons. The molecule has 0 saturated carbocycles. The minimum atomic E-state index is -4.55. The predicted molar refractivity (Wildman–Crippen MR) is 168 cm³/mol. The Bertz CT molecular complexity index is 1640. The first-order chi connectivity index (χ1) is 20.7. The maximum atomic E-state index is 13.3. The highest BCUT2D eigenvalue weighted by Crippen LogP contribution is 2.48. The molecule has 1 fully saturated rings. The Kier molecular flexibility index (Phi) is 9.29. The van der Waals surface area contributed by atoms with E-state index < -0.39 is 27.7 Å². The van der Waals surface area contributed by atoms with Crippen LogP contribution in [0, 0.1) is 0 Å². The van der Waals surface area contributed by atoms with Gasteiger partial charge in [0.15, 0.2) is 0 Å². The molecule has 12 heteroatoms. The van der Waals surface area contributed by atoms with Crippen molar-refractivity contribution < 1.29 is 26.4 Å². The number of halogens is 5. The van der Waals surface area contributed by atoms with Gasteiger partial charge in [-0.05, 0) is 86.4 Å². The number of carbonyl (C=O) groups is 1. The molecule has 0 aromatic heterocycles. The van der Waals surface area contributed by atoms with Crippen LogP contribution >= 0.6 is 23.2 Å². The largest absolute Gasteiger partial charge is 0.416 e. The van der Waals surface area contributed by atoms with Crippen molar-refractivity contribution in [2.24, 2.45) is 0 Å². The fourth-order valence-electron chi connectivity index (χ4n) is 6.44. The lowest BCUT2D eigenvalue weighted by Gasteiger charge is -2.40. The van der Waals surface area contributed by atoms with Crippen molar-refractivity contribution in [2.75, 3.05) is 50.3 Å². The van der Waals surface area contributed by atoms with Gasteiger partial charge in [-0.15, -0.1) is 0 Å². The second-order valence-corrected chi connectivity index (χ2v) is 14.6. The quantitative estimate of drug-likeness (QED) is 0.258. The third-order valence-electron chi connectivity index (χ3n) is 8.89. The van der Waals surface area contributed by atoms with Gasteiger partial charge in [-0.3, -0.25) is 9.10 Å². The molecule has 2 aliphatic heterocycles. The number of amides is 1. The third-order valence-corrected chi connectivity index (χ3v) is 10.8. The Morgan fingerprint density at radius 2 is 1.70 bits per heavy atom. The van der Waals surface area contributed by atoms with Gasteiger partial charge >= 0.3 is 6.18 Å². The number of fused-ring (bicyclic) bond motifs is 2. The normalized spacial score (nSPS) is 17.5. The van der Waals surface area contributed by atoms with Gasteiger partial charge in [-0.25, -0.2) is 8.42 Å². The molecule has 0 unspecified atom stereocenters. The van der Waals surface area contributed by atoms with E-state index in [2.05, 4.69) is 4.90 Å². The van der Waals surface area contributed by atoms with Crippen molar-refractivity contribution in [3.63, 3.8) is 0 Å². The molecule has 2 aliphatic rings. The van der Waals surface area contributed by atoms with Gasteiger partial charge in [0.1, 0.15) is 0 Å². The lowest BCUT2D eigenvalue weighted by molar-refractivity contribution is -0.137. The third kappa shape index (κ3) is 6.88. The van der Waals surface area contributed by atoms with E-state index in [1.807, 2.05) is 30.3 Å². The zero-order chi connectivity index (χ0) is 31.9. The number of carbonyl (C=O) groups excluding carboxylic acids is 1. The van der Waals surface area contributed by atoms with Gasteiger partial charge in [0, 0.05) is 37.0 Å². The van der Waals surface area contributed by atoms with Crippen LogP contribution in [-0.2, 0) is 21.6 Å². The Morgan fingerprint density at radius 3 is 2.36 bits per heavy atom. The van der Waals surface area contributed by atoms with Crippen LogP contribution in [0.5, 0.6) is 0 Å². The fraction of sp³-hybridized carbons (Fsp3) is 0.406. The van der Waals surface area contributed by atoms with Gasteiger partial charge in [-0.2, -0.15) is 13.2 Å². The number of likely N-dealkylation sites (N-methyl/N-ethyl adjacent to an activating group) is 1. The number of sulfonamides is 1. The molecule has 44 heavy (non-hydrogen) atoms. The van der Waals surface area contributed by atoms with Crippen molar-refractivity contribution in [3.05, 3.63) is 99.0 Å². The average Bonchev–Trinajstić information content (AvgIpc) is 3.31. The molecule has 1 saturated heterocycles. The van der Waals surface area contributed by atoms with E-state index in [0.717, 1.165) is 54.9 Å². The maximum absolute atomic E-state index is 13.3. The van der Waals surface area contributed by atoms with E-state index in [9.17, 15) is 26.4 Å². The molecular weight excluding hydrogens is 634 g/mol. The number of hydrogen-bond acceptors (Lipinski definition) is 4. The van der Waals surface area contributed by atoms with Gasteiger partial charge in [0.2, 0.25) is 10.0 Å². The molecule has 6 nitrogen and oxygen atoms in total. The summed E-state index contributed by atoms with van der Waals surface area (Å²) in [6.07, 6.45) is -1.02. The van der Waals surface area contributed by atoms with Crippen molar-refractivity contribution in [3.8, 4) is 0 Å². The van der Waals surface area contributed by atoms with Crippen LogP contribution < -0.4 is 4.31 Å². The maximum Gasteiger partial charge on any atom is 0.416 e. The topological polar surface area (TPSA) is 60.9 Å². The van der Waals surface area contributed by atoms with Crippen LogP contribution in [0.2, 0.25) is 10.0 Å². The number of hydrogen-bond donors (Lipinski definition) is 0. The Hall–Kier alpha value is -2.79. The van der Waals surface area contributed by atoms with Crippen LogP contribution in [0.15, 0.2) is 66.7 Å². The minimum Gasteiger partial charge on any atom is -0.341 e. The number of anilines is 1. The summed E-state index contributed by atoms with van der Waals surface area (Å²) in [5, 5.41) is 0.792. The average molecular weight is 669 g/mol. The smallest absolute Gasteiger partial charge is 0.341 e. The summed E-state index contributed by atoms with van der Waals surface area (Å²) in [4.78, 5) is 17.0. The lowest BCUT2D eigenvalue weighted by atomic mass is 9.74. The first kappa shape index (κ1) is 32.6. The van der Waals surface area contributed by atoms with Crippen LogP contribution in [0.1, 0.15) is 52.2 Å². The first-order valence-corrected chi connectivity index (χ1v) is 17.0. The summed E-state index contributed by atoms with van der Waals surface area (Å²) in [6, 6.07) is 17.5. The minimum absolute atomic E-state index is 0.0310. The molecule has 1 atom stereocenters. The van der Waals surface area contributed by atoms with E-state index in [1.165, 1.54) is 27.6 Å². The Balaban J connectivity index is 1.29. The molecule has 0 N–H and O–H groups in total. The SMILES string of the molecule is CN(C[C@@H](CCN1CCC2(CC1)CN(S(C)(=O)=O)c1ccccc12)c1ccc(Cl)c(Cl)c1)C(=O)c1cccc(C(F)(F)F)c1. The van der Waals surface area contributed by atoms with Gasteiger partial charge in [0.25, 0.3) is 5.91 Å². The second-order valence-electron chi connectivity index (χ2n) is 11.8. The monoisotopic (exact) mass is 667 g/mol. The summed E-state index contributed by atoms with van der Waals surface area (Å²) in [7, 11) is -1.81. The summed E-state index contributed by atoms with van der Waals surface area (Å²) in [5.41, 5.74) is 1.58. The highest BCUT2D eigenvalue weighted by molar-refractivity contribution is 7.92. The molecule has 5 rings (SSSR count). The number of piperidine rings is 1. The summed E-state index contributed by atoms with van der Waals surface area (Å²) in [5.74, 6) is -0.662. The molecule has 1 amide bonds. The molecular formula is C32H34Cl2F3N3O3S. The number of para-hydroxylation sites is 1. The van der Waals surface area contributed by atoms with Crippen molar-refractivity contribution >= 4 is 44.8 Å². The number of likely N-dealkylation sites (tertiary alicyclic amines) is 1. The molecule has 0 bridgehead atoms. The summed E-state index contributed by atoms with van der Waals surface area (Å²) >= 11 is 12.5. The Morgan fingerprint density at radius 1 is 1.00 bits per heavy atom. The number of rotatable bonds is 8. The van der Waals surface area contributed by atoms with Crippen LogP contribution in [0.3, 0.4) is 0 Å².